The molecule has 1 amide bonds. The first-order valence-corrected chi connectivity index (χ1v) is 9.05. The number of hydrogen-bond acceptors (Lipinski definition) is 6. The molecular weight excluding hydrogens is 386 g/mol. The number of nitrogens with one attached hydrogen (secondary N) is 1. The first kappa shape index (κ1) is 21.7. The number of nitrogens with zero attached hydrogens (tertiary/aromatic N) is 2. The lowest BCUT2D eigenvalue weighted by Crippen LogP contribution is -2.36. The molecular formula is C19H24ClN3O5. The van der Waals surface area contributed by atoms with Crippen LogP contribution >= 0.6 is 11.6 Å². The smallest absolute Gasteiger partial charge is 0.419 e. The summed E-state index contributed by atoms with van der Waals surface area (Å²) >= 11 is 5.81. The highest BCUT2D eigenvalue weighted by Crippen LogP contribution is 2.17. The maximum absolute atomic E-state index is 12.1. The summed E-state index contributed by atoms with van der Waals surface area (Å²) in [4.78, 5) is 33.6. The predicted molar refractivity (Wildman–Crippen MR) is 103 cm³/mol. The van der Waals surface area contributed by atoms with E-state index in [1.165, 1.54) is 10.8 Å². The van der Waals surface area contributed by atoms with Gasteiger partial charge in [-0.3, -0.25) is 9.63 Å². The van der Waals surface area contributed by atoms with Crippen molar-refractivity contribution >= 4 is 23.6 Å². The lowest BCUT2D eigenvalue weighted by molar-refractivity contribution is -0.141. The van der Waals surface area contributed by atoms with Gasteiger partial charge in [-0.05, 0) is 58.9 Å². The maximum Gasteiger partial charge on any atom is 0.419 e. The van der Waals surface area contributed by atoms with Crippen molar-refractivity contribution in [3.8, 4) is 5.75 Å². The number of ether oxygens (including phenoxy) is 2. The molecule has 2 rings (SSSR count). The van der Waals surface area contributed by atoms with Gasteiger partial charge in [-0.1, -0.05) is 11.6 Å². The zero-order valence-corrected chi connectivity index (χ0v) is 17.2. The van der Waals surface area contributed by atoms with Crippen molar-refractivity contribution in [1.29, 1.82) is 0 Å². The van der Waals surface area contributed by atoms with Gasteiger partial charge < -0.3 is 9.47 Å². The molecule has 0 radical (unpaired) electrons. The van der Waals surface area contributed by atoms with E-state index in [0.717, 1.165) is 0 Å². The van der Waals surface area contributed by atoms with Crippen LogP contribution in [0.5, 0.6) is 5.75 Å². The summed E-state index contributed by atoms with van der Waals surface area (Å²) in [5.74, 6) is 0.510. The molecule has 1 atom stereocenters. The summed E-state index contributed by atoms with van der Waals surface area (Å²) in [7, 11) is 0. The molecule has 0 spiro atoms. The van der Waals surface area contributed by atoms with Crippen LogP contribution in [0.3, 0.4) is 0 Å². The summed E-state index contributed by atoms with van der Waals surface area (Å²) in [5, 5.41) is 0.578. The Labute approximate surface area is 168 Å². The molecule has 8 nitrogen and oxygen atoms in total. The van der Waals surface area contributed by atoms with E-state index < -0.39 is 23.7 Å². The summed E-state index contributed by atoms with van der Waals surface area (Å²) in [6.45, 7) is 8.59. The number of benzene rings is 1. The van der Waals surface area contributed by atoms with Crippen LogP contribution in [0.15, 0.2) is 30.5 Å². The Hall–Kier alpha value is -2.58. The van der Waals surface area contributed by atoms with Gasteiger partial charge in [0.05, 0.1) is 5.69 Å². The Balaban J connectivity index is 1.84. The molecule has 0 fully saturated rings. The first-order chi connectivity index (χ1) is 13.0. The fourth-order valence-electron chi connectivity index (χ4n) is 2.13. The Morgan fingerprint density at radius 3 is 2.50 bits per heavy atom. The molecule has 0 saturated carbocycles. The number of carbonyl (C=O) groups is 2. The Kier molecular flexibility index (Phi) is 7.04. The van der Waals surface area contributed by atoms with Crippen molar-refractivity contribution < 1.29 is 23.9 Å². The van der Waals surface area contributed by atoms with Gasteiger partial charge in [-0.2, -0.15) is 0 Å². The van der Waals surface area contributed by atoms with Crippen molar-refractivity contribution in [3.63, 3.8) is 0 Å². The van der Waals surface area contributed by atoms with Gasteiger partial charge in [0, 0.05) is 11.2 Å². The normalized spacial score (nSPS) is 12.4. The Morgan fingerprint density at radius 2 is 1.89 bits per heavy atom. The van der Waals surface area contributed by atoms with Crippen LogP contribution in [-0.2, 0) is 21.0 Å². The molecule has 0 aliphatic carbocycles. The average molecular weight is 410 g/mol. The zero-order chi connectivity index (χ0) is 20.9. The van der Waals surface area contributed by atoms with Crippen molar-refractivity contribution in [2.45, 2.75) is 52.9 Å². The second-order valence-electron chi connectivity index (χ2n) is 7.10. The SMILES string of the molecule is Cc1nc(CONC(=O)[C@H](C)Oc2ccc(Cl)cc2)cn1C(=O)OC(C)(C)C. The largest absolute Gasteiger partial charge is 0.481 e. The molecule has 0 aliphatic rings. The highest BCUT2D eigenvalue weighted by atomic mass is 35.5. The van der Waals surface area contributed by atoms with Gasteiger partial charge >= 0.3 is 6.09 Å². The van der Waals surface area contributed by atoms with Gasteiger partial charge in [-0.25, -0.2) is 19.8 Å². The first-order valence-electron chi connectivity index (χ1n) is 8.67. The molecule has 1 heterocycles. The Bertz CT molecular complexity index is 827. The van der Waals surface area contributed by atoms with E-state index in [9.17, 15) is 9.59 Å². The monoisotopic (exact) mass is 409 g/mol. The van der Waals surface area contributed by atoms with Crippen LogP contribution in [0.2, 0.25) is 5.02 Å². The molecule has 1 aromatic carbocycles. The molecule has 2 aromatic rings. The van der Waals surface area contributed by atoms with Crippen molar-refractivity contribution in [2.24, 2.45) is 0 Å². The van der Waals surface area contributed by atoms with Gasteiger partial charge in [0.15, 0.2) is 6.10 Å². The summed E-state index contributed by atoms with van der Waals surface area (Å²) < 4.78 is 12.1. The average Bonchev–Trinajstić information content (AvgIpc) is 2.96. The van der Waals surface area contributed by atoms with E-state index in [-0.39, 0.29) is 6.61 Å². The highest BCUT2D eigenvalue weighted by Gasteiger charge is 2.20. The molecule has 9 heteroatoms. The number of hydroxylamine groups is 1. The zero-order valence-electron chi connectivity index (χ0n) is 16.5. The van der Waals surface area contributed by atoms with Gasteiger partial charge in [-0.15, -0.1) is 0 Å². The molecule has 28 heavy (non-hydrogen) atoms. The number of amides is 1. The van der Waals surface area contributed by atoms with E-state index in [0.29, 0.717) is 22.3 Å². The fourth-order valence-corrected chi connectivity index (χ4v) is 2.26. The summed E-state index contributed by atoms with van der Waals surface area (Å²) in [5.41, 5.74) is 2.16. The highest BCUT2D eigenvalue weighted by molar-refractivity contribution is 6.30. The number of imidazole rings is 1. The van der Waals surface area contributed by atoms with E-state index in [2.05, 4.69) is 10.5 Å². The molecule has 152 valence electrons. The standard InChI is InChI=1S/C19H24ClN3O5/c1-12(27-16-8-6-14(20)7-9-16)17(24)22-26-11-15-10-23(13(2)21-15)18(25)28-19(3,4)5/h6-10,12H,11H2,1-5H3,(H,22,24)/t12-/m0/s1. The number of carbonyl (C=O) groups excluding carboxylic acids is 2. The van der Waals surface area contributed by atoms with Crippen LogP contribution in [-0.4, -0.2) is 33.3 Å². The number of aryl methyl sites for hydroxylation is 1. The van der Waals surface area contributed by atoms with Gasteiger partial charge in [0.25, 0.3) is 5.91 Å². The van der Waals surface area contributed by atoms with Crippen LogP contribution in [0, 0.1) is 6.92 Å². The third-order valence-electron chi connectivity index (χ3n) is 3.41. The minimum Gasteiger partial charge on any atom is -0.481 e. The summed E-state index contributed by atoms with van der Waals surface area (Å²) in [6, 6.07) is 6.67. The number of aromatic nitrogens is 2. The molecule has 1 N–H and O–H groups in total. The topological polar surface area (TPSA) is 91.7 Å². The van der Waals surface area contributed by atoms with Crippen LogP contribution < -0.4 is 10.2 Å². The van der Waals surface area contributed by atoms with Crippen LogP contribution in [0.4, 0.5) is 4.79 Å². The number of rotatable bonds is 6. The molecule has 1 aromatic heterocycles. The third-order valence-corrected chi connectivity index (χ3v) is 3.66. The quantitative estimate of drug-likeness (QED) is 0.732. The van der Waals surface area contributed by atoms with Gasteiger partial charge in [0.2, 0.25) is 0 Å². The van der Waals surface area contributed by atoms with Crippen molar-refractivity contribution in [2.75, 3.05) is 0 Å². The lowest BCUT2D eigenvalue weighted by atomic mass is 10.2. The van der Waals surface area contributed by atoms with E-state index >= 15 is 0 Å². The summed E-state index contributed by atoms with van der Waals surface area (Å²) in [6.07, 6.45) is 0.198. The Morgan fingerprint density at radius 1 is 1.25 bits per heavy atom. The molecule has 0 unspecified atom stereocenters. The van der Waals surface area contributed by atoms with Gasteiger partial charge in [0.1, 0.15) is 23.8 Å². The van der Waals surface area contributed by atoms with Crippen LogP contribution in [0.1, 0.15) is 39.2 Å². The lowest BCUT2D eigenvalue weighted by Gasteiger charge is -2.19. The van der Waals surface area contributed by atoms with Crippen LogP contribution in [0.25, 0.3) is 0 Å². The van der Waals surface area contributed by atoms with E-state index in [4.69, 9.17) is 25.9 Å². The third kappa shape index (κ3) is 6.54. The van der Waals surface area contributed by atoms with E-state index in [1.807, 2.05) is 0 Å². The molecule has 0 bridgehead atoms. The fraction of sp³-hybridized carbons (Fsp3) is 0.421. The predicted octanol–water partition coefficient (Wildman–Crippen LogP) is 3.64. The van der Waals surface area contributed by atoms with Crippen molar-refractivity contribution in [3.05, 3.63) is 47.0 Å². The number of hydrogen-bond donors (Lipinski definition) is 1. The minimum absolute atomic E-state index is 0.0178. The van der Waals surface area contributed by atoms with E-state index in [1.54, 1.807) is 58.9 Å². The van der Waals surface area contributed by atoms with Crippen molar-refractivity contribution in [1.82, 2.24) is 15.0 Å². The second-order valence-corrected chi connectivity index (χ2v) is 7.54. The molecule has 0 saturated heterocycles. The minimum atomic E-state index is -0.776. The maximum atomic E-state index is 12.1. The number of halogens is 1. The molecule has 0 aliphatic heterocycles. The second kappa shape index (κ2) is 9.07.